The van der Waals surface area contributed by atoms with Crippen molar-refractivity contribution in [1.82, 2.24) is 15.0 Å². The Hall–Kier alpha value is -2.02. The molecular formula is C14H14BrN5O. The largest absolute Gasteiger partial charge is 0.355 e. The van der Waals surface area contributed by atoms with Gasteiger partial charge in [0.15, 0.2) is 5.82 Å². The molecule has 3 rings (SSSR count). The van der Waals surface area contributed by atoms with Gasteiger partial charge in [-0.05, 0) is 40.9 Å². The van der Waals surface area contributed by atoms with Crippen molar-refractivity contribution in [3.8, 4) is 0 Å². The second-order valence-electron chi connectivity index (χ2n) is 4.77. The van der Waals surface area contributed by atoms with Crippen molar-refractivity contribution >= 4 is 33.3 Å². The van der Waals surface area contributed by atoms with E-state index < -0.39 is 0 Å². The summed E-state index contributed by atoms with van der Waals surface area (Å²) >= 11 is 3.30. The summed E-state index contributed by atoms with van der Waals surface area (Å²) in [6.45, 7) is 1.91. The van der Waals surface area contributed by atoms with Gasteiger partial charge in [0.05, 0.1) is 6.20 Å². The average Bonchev–Trinajstić information content (AvgIpc) is 3.02. The van der Waals surface area contributed by atoms with E-state index in [1.807, 2.05) is 0 Å². The van der Waals surface area contributed by atoms with E-state index >= 15 is 0 Å². The van der Waals surface area contributed by atoms with Gasteiger partial charge in [-0.3, -0.25) is 4.79 Å². The summed E-state index contributed by atoms with van der Waals surface area (Å²) in [5, 5.41) is 2.84. The molecule has 0 saturated carbocycles. The molecule has 1 amide bonds. The highest BCUT2D eigenvalue weighted by Crippen LogP contribution is 2.25. The Balaban J connectivity index is 1.81. The molecule has 21 heavy (non-hydrogen) atoms. The molecule has 3 heterocycles. The molecule has 0 bridgehead atoms. The van der Waals surface area contributed by atoms with E-state index in [9.17, 15) is 4.79 Å². The molecular weight excluding hydrogens is 334 g/mol. The van der Waals surface area contributed by atoms with Crippen LogP contribution in [0.3, 0.4) is 0 Å². The number of nitrogens with one attached hydrogen (secondary N) is 1. The minimum Gasteiger partial charge on any atom is -0.355 e. The lowest BCUT2D eigenvalue weighted by Gasteiger charge is -2.19. The number of carbonyl (C=O) groups is 1. The van der Waals surface area contributed by atoms with Crippen LogP contribution in [0.2, 0.25) is 0 Å². The number of hydrogen-bond acceptors (Lipinski definition) is 5. The van der Waals surface area contributed by atoms with Gasteiger partial charge in [-0.15, -0.1) is 0 Å². The van der Waals surface area contributed by atoms with E-state index in [4.69, 9.17) is 0 Å². The molecule has 0 aliphatic carbocycles. The van der Waals surface area contributed by atoms with Gasteiger partial charge in [-0.25, -0.2) is 15.0 Å². The van der Waals surface area contributed by atoms with Crippen LogP contribution in [0.25, 0.3) is 0 Å². The monoisotopic (exact) mass is 347 g/mol. The number of nitrogens with zero attached hydrogens (tertiary/aromatic N) is 4. The van der Waals surface area contributed by atoms with Gasteiger partial charge in [0, 0.05) is 23.8 Å². The topological polar surface area (TPSA) is 71.0 Å². The smallest absolute Gasteiger partial charge is 0.274 e. The predicted molar refractivity (Wildman–Crippen MR) is 83.4 cm³/mol. The van der Waals surface area contributed by atoms with Crippen LogP contribution in [-0.2, 0) is 0 Å². The van der Waals surface area contributed by atoms with Gasteiger partial charge in [-0.1, -0.05) is 0 Å². The van der Waals surface area contributed by atoms with E-state index in [-0.39, 0.29) is 5.91 Å². The van der Waals surface area contributed by atoms with Crippen LogP contribution in [0.1, 0.15) is 23.3 Å². The second-order valence-corrected chi connectivity index (χ2v) is 5.69. The van der Waals surface area contributed by atoms with E-state index in [0.717, 1.165) is 36.2 Å². The number of pyridine rings is 1. The van der Waals surface area contributed by atoms with Crippen molar-refractivity contribution < 1.29 is 4.79 Å². The van der Waals surface area contributed by atoms with Crippen molar-refractivity contribution in [3.63, 3.8) is 0 Å². The van der Waals surface area contributed by atoms with Crippen LogP contribution in [0.15, 0.2) is 35.3 Å². The summed E-state index contributed by atoms with van der Waals surface area (Å²) < 4.78 is 0.833. The molecule has 1 N–H and O–H groups in total. The van der Waals surface area contributed by atoms with Gasteiger partial charge in [-0.2, -0.15) is 0 Å². The molecule has 7 heteroatoms. The zero-order valence-electron chi connectivity index (χ0n) is 11.3. The first-order valence-corrected chi connectivity index (χ1v) is 7.51. The van der Waals surface area contributed by atoms with E-state index in [1.165, 1.54) is 6.33 Å². The number of halogens is 1. The summed E-state index contributed by atoms with van der Waals surface area (Å²) in [6, 6.07) is 3.45. The number of anilines is 2. The van der Waals surface area contributed by atoms with Crippen LogP contribution >= 0.6 is 15.9 Å². The van der Waals surface area contributed by atoms with Gasteiger partial charge in [0.2, 0.25) is 0 Å². The summed E-state index contributed by atoms with van der Waals surface area (Å²) in [4.78, 5) is 26.8. The molecule has 0 aromatic carbocycles. The van der Waals surface area contributed by atoms with E-state index in [2.05, 4.69) is 41.1 Å². The third-order valence-corrected chi connectivity index (χ3v) is 3.77. The van der Waals surface area contributed by atoms with Crippen molar-refractivity contribution in [2.45, 2.75) is 12.8 Å². The number of hydrogen-bond donors (Lipinski definition) is 1. The van der Waals surface area contributed by atoms with E-state index in [1.54, 1.807) is 24.5 Å². The third-order valence-electron chi connectivity index (χ3n) is 3.31. The van der Waals surface area contributed by atoms with Crippen LogP contribution in [0, 0.1) is 0 Å². The Morgan fingerprint density at radius 1 is 1.19 bits per heavy atom. The highest BCUT2D eigenvalue weighted by Gasteiger charge is 2.19. The minimum absolute atomic E-state index is 0.266. The maximum absolute atomic E-state index is 12.2. The predicted octanol–water partition coefficient (Wildman–Crippen LogP) is 2.49. The van der Waals surface area contributed by atoms with Crippen molar-refractivity contribution in [2.24, 2.45) is 0 Å². The van der Waals surface area contributed by atoms with E-state index in [0.29, 0.717) is 11.4 Å². The summed E-state index contributed by atoms with van der Waals surface area (Å²) in [5.74, 6) is 0.505. The Morgan fingerprint density at radius 2 is 2.00 bits per heavy atom. The number of amides is 1. The molecule has 2 aromatic rings. The Kier molecular flexibility index (Phi) is 4.10. The minimum atomic E-state index is -0.266. The molecule has 0 unspecified atom stereocenters. The first-order valence-electron chi connectivity index (χ1n) is 6.72. The SMILES string of the molecule is O=C(Nc1cncnc1N1CCCC1)c1ccc(Br)cn1. The fourth-order valence-corrected chi connectivity index (χ4v) is 2.52. The summed E-state index contributed by atoms with van der Waals surface area (Å²) in [5.41, 5.74) is 0.976. The van der Waals surface area contributed by atoms with Crippen molar-refractivity contribution in [2.75, 3.05) is 23.3 Å². The lowest BCUT2D eigenvalue weighted by Crippen LogP contribution is -2.22. The van der Waals surface area contributed by atoms with Gasteiger partial charge in [0.1, 0.15) is 17.7 Å². The van der Waals surface area contributed by atoms with Gasteiger partial charge >= 0.3 is 0 Å². The molecule has 0 atom stereocenters. The third kappa shape index (κ3) is 3.18. The van der Waals surface area contributed by atoms with Crippen molar-refractivity contribution in [1.29, 1.82) is 0 Å². The van der Waals surface area contributed by atoms with Gasteiger partial charge < -0.3 is 10.2 Å². The van der Waals surface area contributed by atoms with Crippen LogP contribution < -0.4 is 10.2 Å². The first-order chi connectivity index (χ1) is 10.2. The maximum Gasteiger partial charge on any atom is 0.274 e. The Labute approximate surface area is 130 Å². The first kappa shape index (κ1) is 13.9. The molecule has 1 aliphatic rings. The zero-order chi connectivity index (χ0) is 14.7. The van der Waals surface area contributed by atoms with Crippen molar-refractivity contribution in [3.05, 3.63) is 41.0 Å². The lowest BCUT2D eigenvalue weighted by molar-refractivity contribution is 0.102. The van der Waals surface area contributed by atoms with Crippen LogP contribution in [0.4, 0.5) is 11.5 Å². The van der Waals surface area contributed by atoms with Crippen LogP contribution in [0.5, 0.6) is 0 Å². The molecule has 6 nitrogen and oxygen atoms in total. The fourth-order valence-electron chi connectivity index (χ4n) is 2.29. The van der Waals surface area contributed by atoms with Crippen LogP contribution in [-0.4, -0.2) is 33.9 Å². The maximum atomic E-state index is 12.2. The highest BCUT2D eigenvalue weighted by molar-refractivity contribution is 9.10. The fraction of sp³-hybridized carbons (Fsp3) is 0.286. The zero-order valence-corrected chi connectivity index (χ0v) is 12.9. The molecule has 1 aliphatic heterocycles. The molecule has 0 radical (unpaired) electrons. The molecule has 2 aromatic heterocycles. The molecule has 108 valence electrons. The molecule has 1 saturated heterocycles. The number of carbonyl (C=O) groups excluding carboxylic acids is 1. The normalized spacial score (nSPS) is 14.2. The quantitative estimate of drug-likeness (QED) is 0.923. The van der Waals surface area contributed by atoms with Gasteiger partial charge in [0.25, 0.3) is 5.91 Å². The Bertz CT molecular complexity index is 640. The average molecular weight is 348 g/mol. The lowest BCUT2D eigenvalue weighted by atomic mass is 10.3. The second kappa shape index (κ2) is 6.17. The highest BCUT2D eigenvalue weighted by atomic mass is 79.9. The Morgan fingerprint density at radius 3 is 2.71 bits per heavy atom. The molecule has 1 fully saturated rings. The summed E-state index contributed by atoms with van der Waals surface area (Å²) in [7, 11) is 0. The number of rotatable bonds is 3. The number of aromatic nitrogens is 3. The standard InChI is InChI=1S/C14H14BrN5O/c15-10-3-4-11(17-7-10)14(21)19-12-8-16-9-18-13(12)20-5-1-2-6-20/h3-4,7-9H,1-2,5-6H2,(H,19,21). The summed E-state index contributed by atoms with van der Waals surface area (Å²) in [6.07, 6.45) is 7.01. The molecule has 0 spiro atoms.